The number of nitrogens with zero attached hydrogens (tertiary/aromatic N) is 2. The van der Waals surface area contributed by atoms with Crippen LogP contribution in [0.15, 0.2) is 33.7 Å². The van der Waals surface area contributed by atoms with E-state index in [1.54, 1.807) is 6.07 Å². The van der Waals surface area contributed by atoms with E-state index in [4.69, 9.17) is 20.9 Å². The molecule has 1 aromatic heterocycles. The first-order chi connectivity index (χ1) is 11.8. The molecule has 2 heterocycles. The van der Waals surface area contributed by atoms with Crippen LogP contribution in [0.5, 0.6) is 5.75 Å². The van der Waals surface area contributed by atoms with E-state index in [1.165, 1.54) is 23.5 Å². The number of halogens is 1. The lowest BCUT2D eigenvalue weighted by Gasteiger charge is -2.22. The summed E-state index contributed by atoms with van der Waals surface area (Å²) in [5.41, 5.74) is 0.826. The molecule has 0 aliphatic carbocycles. The van der Waals surface area contributed by atoms with Crippen molar-refractivity contribution in [3.63, 3.8) is 0 Å². The highest BCUT2D eigenvalue weighted by atomic mass is 35.5. The van der Waals surface area contributed by atoms with Crippen molar-refractivity contribution < 1.29 is 17.7 Å². The van der Waals surface area contributed by atoms with E-state index in [-0.39, 0.29) is 21.9 Å². The van der Waals surface area contributed by atoms with Gasteiger partial charge in [0.15, 0.2) is 5.76 Å². The summed E-state index contributed by atoms with van der Waals surface area (Å²) < 4.78 is 38.1. The average Bonchev–Trinajstić information content (AvgIpc) is 3.23. The Morgan fingerprint density at radius 1 is 1.36 bits per heavy atom. The van der Waals surface area contributed by atoms with Crippen molar-refractivity contribution in [2.24, 2.45) is 0 Å². The minimum atomic E-state index is -3.69. The smallest absolute Gasteiger partial charge is 0.243 e. The molecule has 1 aliphatic rings. The van der Waals surface area contributed by atoms with Gasteiger partial charge in [-0.05, 0) is 37.0 Å². The number of benzene rings is 1. The maximum absolute atomic E-state index is 13.1. The van der Waals surface area contributed by atoms with Gasteiger partial charge < -0.3 is 9.26 Å². The van der Waals surface area contributed by atoms with Crippen LogP contribution in [-0.2, 0) is 10.0 Å². The first-order valence-corrected chi connectivity index (χ1v) is 9.98. The van der Waals surface area contributed by atoms with E-state index in [0.717, 1.165) is 12.1 Å². The van der Waals surface area contributed by atoms with Crippen LogP contribution in [0.3, 0.4) is 0 Å². The van der Waals surface area contributed by atoms with Crippen LogP contribution >= 0.6 is 11.6 Å². The molecule has 0 radical (unpaired) electrons. The van der Waals surface area contributed by atoms with Crippen molar-refractivity contribution in [1.82, 2.24) is 9.46 Å². The maximum Gasteiger partial charge on any atom is 0.243 e. The third kappa shape index (κ3) is 3.41. The van der Waals surface area contributed by atoms with Gasteiger partial charge in [0.25, 0.3) is 0 Å². The van der Waals surface area contributed by atoms with Gasteiger partial charge >= 0.3 is 0 Å². The first-order valence-electron chi connectivity index (χ1n) is 8.16. The van der Waals surface area contributed by atoms with E-state index in [1.807, 2.05) is 19.9 Å². The van der Waals surface area contributed by atoms with Gasteiger partial charge in [-0.25, -0.2) is 8.42 Å². The number of aromatic nitrogens is 1. The SMILES string of the molecule is COc1ccc(S(=O)(=O)N2CCCC2c2cc(C(C)C)no2)cc1Cl. The first kappa shape index (κ1) is 18.2. The largest absolute Gasteiger partial charge is 0.495 e. The Morgan fingerprint density at radius 3 is 2.72 bits per heavy atom. The molecule has 1 aromatic carbocycles. The summed E-state index contributed by atoms with van der Waals surface area (Å²) in [4.78, 5) is 0.147. The van der Waals surface area contributed by atoms with Crippen LogP contribution in [0.1, 0.15) is 50.1 Å². The second-order valence-electron chi connectivity index (χ2n) is 6.38. The molecule has 2 aromatic rings. The van der Waals surface area contributed by atoms with Gasteiger partial charge in [-0.2, -0.15) is 4.31 Å². The number of methoxy groups -OCH3 is 1. The quantitative estimate of drug-likeness (QED) is 0.779. The van der Waals surface area contributed by atoms with Crippen LogP contribution in [0.4, 0.5) is 0 Å². The molecular weight excluding hydrogens is 364 g/mol. The van der Waals surface area contributed by atoms with Gasteiger partial charge in [0.05, 0.1) is 28.8 Å². The fourth-order valence-electron chi connectivity index (χ4n) is 2.99. The van der Waals surface area contributed by atoms with Crippen molar-refractivity contribution in [1.29, 1.82) is 0 Å². The Kier molecular flexibility index (Phi) is 5.09. The molecule has 25 heavy (non-hydrogen) atoms. The van der Waals surface area contributed by atoms with E-state index < -0.39 is 10.0 Å². The molecule has 8 heteroatoms. The van der Waals surface area contributed by atoms with Crippen molar-refractivity contribution in [3.05, 3.63) is 40.7 Å². The predicted octanol–water partition coefficient (Wildman–Crippen LogP) is 3.99. The van der Waals surface area contributed by atoms with Crippen LogP contribution in [0.2, 0.25) is 5.02 Å². The monoisotopic (exact) mass is 384 g/mol. The summed E-state index contributed by atoms with van der Waals surface area (Å²) in [5.74, 6) is 1.25. The molecule has 1 atom stereocenters. The number of ether oxygens (including phenoxy) is 1. The molecule has 3 rings (SSSR count). The molecule has 136 valence electrons. The summed E-state index contributed by atoms with van der Waals surface area (Å²) >= 11 is 6.10. The third-order valence-electron chi connectivity index (χ3n) is 4.40. The molecule has 0 amide bonds. The number of sulfonamides is 1. The Bertz CT molecular complexity index is 863. The standard InChI is InChI=1S/C17H21ClN2O4S/c1-11(2)14-10-17(24-19-14)15-5-4-8-20(15)25(21,22)12-6-7-16(23-3)13(18)9-12/h6-7,9-11,15H,4-5,8H2,1-3H3. The Morgan fingerprint density at radius 2 is 2.12 bits per heavy atom. The molecule has 0 saturated carbocycles. The molecule has 1 unspecified atom stereocenters. The normalized spacial score (nSPS) is 18.8. The number of rotatable bonds is 5. The summed E-state index contributed by atoms with van der Waals surface area (Å²) in [6.45, 7) is 4.47. The van der Waals surface area contributed by atoms with Crippen LogP contribution in [-0.4, -0.2) is 31.5 Å². The lowest BCUT2D eigenvalue weighted by Crippen LogP contribution is -2.30. The summed E-state index contributed by atoms with van der Waals surface area (Å²) in [6.07, 6.45) is 1.47. The molecule has 1 saturated heterocycles. The maximum atomic E-state index is 13.1. The fraction of sp³-hybridized carbons (Fsp3) is 0.471. The molecular formula is C17H21ClN2O4S. The van der Waals surface area contributed by atoms with Crippen LogP contribution < -0.4 is 4.74 Å². The Labute approximate surface area is 152 Å². The lowest BCUT2D eigenvalue weighted by molar-refractivity contribution is 0.295. The second-order valence-corrected chi connectivity index (χ2v) is 8.68. The molecule has 0 N–H and O–H groups in total. The number of hydrogen-bond acceptors (Lipinski definition) is 5. The Hall–Kier alpha value is -1.57. The molecule has 1 aliphatic heterocycles. The van der Waals surface area contributed by atoms with Crippen molar-refractivity contribution >= 4 is 21.6 Å². The van der Waals surface area contributed by atoms with E-state index >= 15 is 0 Å². The average molecular weight is 385 g/mol. The predicted molar refractivity (Wildman–Crippen MR) is 94.5 cm³/mol. The van der Waals surface area contributed by atoms with Gasteiger partial charge in [0, 0.05) is 12.6 Å². The number of hydrogen-bond donors (Lipinski definition) is 0. The van der Waals surface area contributed by atoms with Gasteiger partial charge in [-0.3, -0.25) is 0 Å². The van der Waals surface area contributed by atoms with Gasteiger partial charge in [-0.15, -0.1) is 0 Å². The zero-order valence-electron chi connectivity index (χ0n) is 14.4. The highest BCUT2D eigenvalue weighted by molar-refractivity contribution is 7.89. The van der Waals surface area contributed by atoms with Gasteiger partial charge in [0.1, 0.15) is 5.75 Å². The highest BCUT2D eigenvalue weighted by Gasteiger charge is 2.38. The summed E-state index contributed by atoms with van der Waals surface area (Å²) in [6, 6.07) is 6.00. The van der Waals surface area contributed by atoms with Gasteiger partial charge in [-0.1, -0.05) is 30.6 Å². The molecule has 6 nitrogen and oxygen atoms in total. The topological polar surface area (TPSA) is 72.6 Å². The third-order valence-corrected chi connectivity index (χ3v) is 6.60. The van der Waals surface area contributed by atoms with Crippen molar-refractivity contribution in [2.45, 2.75) is 43.5 Å². The Balaban J connectivity index is 1.93. The fourth-order valence-corrected chi connectivity index (χ4v) is 5.00. The van der Waals surface area contributed by atoms with E-state index in [0.29, 0.717) is 24.5 Å². The lowest BCUT2D eigenvalue weighted by atomic mass is 10.1. The highest BCUT2D eigenvalue weighted by Crippen LogP contribution is 2.38. The summed E-state index contributed by atoms with van der Waals surface area (Å²) in [5, 5.41) is 4.32. The molecule has 0 spiro atoms. The van der Waals surface area contributed by atoms with E-state index in [2.05, 4.69) is 5.16 Å². The van der Waals surface area contributed by atoms with Crippen LogP contribution in [0, 0.1) is 0 Å². The van der Waals surface area contributed by atoms with Crippen molar-refractivity contribution in [2.75, 3.05) is 13.7 Å². The molecule has 1 fully saturated rings. The van der Waals surface area contributed by atoms with Crippen molar-refractivity contribution in [3.8, 4) is 5.75 Å². The minimum Gasteiger partial charge on any atom is -0.495 e. The molecule has 0 bridgehead atoms. The summed E-state index contributed by atoms with van der Waals surface area (Å²) in [7, 11) is -2.20. The van der Waals surface area contributed by atoms with E-state index in [9.17, 15) is 8.42 Å². The van der Waals surface area contributed by atoms with Gasteiger partial charge in [0.2, 0.25) is 10.0 Å². The zero-order valence-corrected chi connectivity index (χ0v) is 16.0. The second kappa shape index (κ2) is 6.97. The van der Waals surface area contributed by atoms with Crippen LogP contribution in [0.25, 0.3) is 0 Å². The zero-order chi connectivity index (χ0) is 18.2. The minimum absolute atomic E-state index is 0.147.